The van der Waals surface area contributed by atoms with Crippen LogP contribution in [0.3, 0.4) is 0 Å². The standard InChI is InChI=1S/C15H24N2O2S2/c1-11(10-19-3)17(8-9-18-2)12-6-5-7-13(21-4)14(12)15(16)20/h5-7,11H,8-10H2,1-4H3,(H2,16,20). The molecule has 1 unspecified atom stereocenters. The van der Waals surface area contributed by atoms with Gasteiger partial charge in [-0.15, -0.1) is 11.8 Å². The Morgan fingerprint density at radius 1 is 1.38 bits per heavy atom. The first-order chi connectivity index (χ1) is 10.1. The topological polar surface area (TPSA) is 47.7 Å². The maximum absolute atomic E-state index is 5.96. The highest BCUT2D eigenvalue weighted by atomic mass is 32.2. The zero-order valence-corrected chi connectivity index (χ0v) is 14.7. The molecule has 0 radical (unpaired) electrons. The van der Waals surface area contributed by atoms with Crippen LogP contribution in [0.2, 0.25) is 0 Å². The van der Waals surface area contributed by atoms with Crippen molar-refractivity contribution in [1.29, 1.82) is 0 Å². The Kier molecular flexibility index (Phi) is 8.03. The van der Waals surface area contributed by atoms with Gasteiger partial charge >= 0.3 is 0 Å². The molecule has 0 saturated heterocycles. The predicted molar refractivity (Wildman–Crippen MR) is 94.7 cm³/mol. The molecule has 0 amide bonds. The minimum atomic E-state index is 0.204. The molecule has 0 spiro atoms. The van der Waals surface area contributed by atoms with Gasteiger partial charge < -0.3 is 20.1 Å². The zero-order chi connectivity index (χ0) is 15.8. The number of anilines is 1. The van der Waals surface area contributed by atoms with Crippen molar-refractivity contribution in [2.24, 2.45) is 5.73 Å². The number of thioether (sulfide) groups is 1. The minimum absolute atomic E-state index is 0.204. The maximum Gasteiger partial charge on any atom is 0.107 e. The van der Waals surface area contributed by atoms with Crippen LogP contribution in [-0.2, 0) is 9.47 Å². The number of hydrogen-bond donors (Lipinski definition) is 1. The van der Waals surface area contributed by atoms with Gasteiger partial charge in [0.05, 0.1) is 13.2 Å². The lowest BCUT2D eigenvalue weighted by Gasteiger charge is -2.33. The van der Waals surface area contributed by atoms with Crippen molar-refractivity contribution in [1.82, 2.24) is 0 Å². The fourth-order valence-corrected chi connectivity index (χ4v) is 3.19. The Hall–Kier alpha value is -0.820. The van der Waals surface area contributed by atoms with Gasteiger partial charge in [0.1, 0.15) is 4.99 Å². The molecule has 21 heavy (non-hydrogen) atoms. The molecule has 1 atom stereocenters. The normalized spacial score (nSPS) is 12.2. The van der Waals surface area contributed by atoms with Crippen LogP contribution in [-0.4, -0.2) is 51.3 Å². The van der Waals surface area contributed by atoms with Gasteiger partial charge in [-0.25, -0.2) is 0 Å². The van der Waals surface area contributed by atoms with E-state index in [1.165, 1.54) is 0 Å². The Morgan fingerprint density at radius 3 is 2.62 bits per heavy atom. The van der Waals surface area contributed by atoms with Crippen LogP contribution < -0.4 is 10.6 Å². The number of thiocarbonyl (C=S) groups is 1. The largest absolute Gasteiger partial charge is 0.389 e. The molecule has 0 aromatic heterocycles. The third-order valence-electron chi connectivity index (χ3n) is 3.26. The van der Waals surface area contributed by atoms with Crippen LogP contribution in [0.15, 0.2) is 23.1 Å². The number of benzene rings is 1. The van der Waals surface area contributed by atoms with Gasteiger partial charge in [0.25, 0.3) is 0 Å². The Bertz CT molecular complexity index is 469. The lowest BCUT2D eigenvalue weighted by Crippen LogP contribution is -2.40. The van der Waals surface area contributed by atoms with Crippen LogP contribution in [0.5, 0.6) is 0 Å². The van der Waals surface area contributed by atoms with Crippen LogP contribution in [0.25, 0.3) is 0 Å². The van der Waals surface area contributed by atoms with E-state index in [-0.39, 0.29) is 6.04 Å². The minimum Gasteiger partial charge on any atom is -0.389 e. The molecule has 6 heteroatoms. The van der Waals surface area contributed by atoms with E-state index in [9.17, 15) is 0 Å². The highest BCUT2D eigenvalue weighted by Crippen LogP contribution is 2.30. The summed E-state index contributed by atoms with van der Waals surface area (Å²) in [5, 5.41) is 0. The molecule has 1 rings (SSSR count). The quantitative estimate of drug-likeness (QED) is 0.555. The first kappa shape index (κ1) is 18.2. The molecule has 0 aliphatic rings. The highest BCUT2D eigenvalue weighted by Gasteiger charge is 2.20. The number of nitrogens with two attached hydrogens (primary N) is 1. The van der Waals surface area contributed by atoms with Crippen LogP contribution in [0, 0.1) is 0 Å². The summed E-state index contributed by atoms with van der Waals surface area (Å²) >= 11 is 6.91. The molecule has 0 saturated carbocycles. The molecule has 118 valence electrons. The molecule has 0 fully saturated rings. The number of hydrogen-bond acceptors (Lipinski definition) is 5. The van der Waals surface area contributed by atoms with Crippen molar-refractivity contribution in [3.63, 3.8) is 0 Å². The average Bonchev–Trinajstić information content (AvgIpc) is 2.47. The molecule has 0 aliphatic heterocycles. The van der Waals surface area contributed by atoms with Crippen molar-refractivity contribution in [3.05, 3.63) is 23.8 Å². The number of ether oxygens (including phenoxy) is 2. The summed E-state index contributed by atoms with van der Waals surface area (Å²) in [5.74, 6) is 0. The molecule has 0 aliphatic carbocycles. The van der Waals surface area contributed by atoms with Gasteiger partial charge in [-0.05, 0) is 25.3 Å². The van der Waals surface area contributed by atoms with Crippen molar-refractivity contribution >= 4 is 34.7 Å². The van der Waals surface area contributed by atoms with E-state index in [2.05, 4.69) is 17.9 Å². The number of nitrogens with zero attached hydrogens (tertiary/aromatic N) is 1. The molecule has 2 N–H and O–H groups in total. The zero-order valence-electron chi connectivity index (χ0n) is 13.1. The first-order valence-electron chi connectivity index (χ1n) is 6.78. The number of methoxy groups -OCH3 is 2. The van der Waals surface area contributed by atoms with Crippen molar-refractivity contribution < 1.29 is 9.47 Å². The highest BCUT2D eigenvalue weighted by molar-refractivity contribution is 7.98. The maximum atomic E-state index is 5.96. The molecular weight excluding hydrogens is 304 g/mol. The fourth-order valence-electron chi connectivity index (χ4n) is 2.28. The van der Waals surface area contributed by atoms with Crippen LogP contribution in [0.1, 0.15) is 12.5 Å². The second kappa shape index (κ2) is 9.25. The van der Waals surface area contributed by atoms with Crippen molar-refractivity contribution in [3.8, 4) is 0 Å². The summed E-state index contributed by atoms with van der Waals surface area (Å²) in [7, 11) is 3.41. The molecule has 1 aromatic carbocycles. The number of rotatable bonds is 9. The second-order valence-electron chi connectivity index (χ2n) is 4.71. The molecule has 0 heterocycles. The van der Waals surface area contributed by atoms with E-state index >= 15 is 0 Å². The van der Waals surface area contributed by atoms with Crippen LogP contribution >= 0.6 is 24.0 Å². The summed E-state index contributed by atoms with van der Waals surface area (Å²) in [4.78, 5) is 3.75. The van der Waals surface area contributed by atoms with E-state index < -0.39 is 0 Å². The lowest BCUT2D eigenvalue weighted by molar-refractivity contribution is 0.171. The first-order valence-corrected chi connectivity index (χ1v) is 8.41. The summed E-state index contributed by atoms with van der Waals surface area (Å²) < 4.78 is 10.5. The van der Waals surface area contributed by atoms with E-state index in [4.69, 9.17) is 27.4 Å². The van der Waals surface area contributed by atoms with E-state index in [0.29, 0.717) is 18.2 Å². The van der Waals surface area contributed by atoms with Gasteiger partial charge in [0.15, 0.2) is 0 Å². The molecular formula is C15H24N2O2S2. The SMILES string of the molecule is COCCN(c1cccc(SC)c1C(N)=S)C(C)COC. The van der Waals surface area contributed by atoms with Crippen molar-refractivity contribution in [2.75, 3.05) is 45.1 Å². The average molecular weight is 329 g/mol. The fraction of sp³-hybridized carbons (Fsp3) is 0.533. The second-order valence-corrected chi connectivity index (χ2v) is 6.00. The Morgan fingerprint density at radius 2 is 2.10 bits per heavy atom. The monoisotopic (exact) mass is 328 g/mol. The van der Waals surface area contributed by atoms with Gasteiger partial charge in [-0.2, -0.15) is 0 Å². The van der Waals surface area contributed by atoms with E-state index in [1.54, 1.807) is 26.0 Å². The summed E-state index contributed by atoms with van der Waals surface area (Å²) in [6.07, 6.45) is 2.03. The molecule has 1 aromatic rings. The third-order valence-corrected chi connectivity index (χ3v) is 4.24. The van der Waals surface area contributed by atoms with Gasteiger partial charge in [0, 0.05) is 43.0 Å². The summed E-state index contributed by atoms with van der Waals surface area (Å²) in [5.41, 5.74) is 7.93. The lowest BCUT2D eigenvalue weighted by atomic mass is 10.1. The summed E-state index contributed by atoms with van der Waals surface area (Å²) in [6, 6.07) is 6.33. The summed E-state index contributed by atoms with van der Waals surface area (Å²) in [6.45, 7) is 4.14. The van der Waals surface area contributed by atoms with Crippen LogP contribution in [0.4, 0.5) is 5.69 Å². The molecule has 4 nitrogen and oxygen atoms in total. The third kappa shape index (κ3) is 4.85. The van der Waals surface area contributed by atoms with E-state index in [1.807, 2.05) is 18.4 Å². The van der Waals surface area contributed by atoms with Gasteiger partial charge in [0.2, 0.25) is 0 Å². The smallest absolute Gasteiger partial charge is 0.107 e. The predicted octanol–water partition coefficient (Wildman–Crippen LogP) is 2.53. The molecule has 0 bridgehead atoms. The Labute approximate surface area is 137 Å². The van der Waals surface area contributed by atoms with Crippen molar-refractivity contribution in [2.45, 2.75) is 17.9 Å². The Balaban J connectivity index is 3.25. The van der Waals surface area contributed by atoms with Gasteiger partial charge in [-0.1, -0.05) is 18.3 Å². The van der Waals surface area contributed by atoms with Gasteiger partial charge in [-0.3, -0.25) is 0 Å². The van der Waals surface area contributed by atoms with E-state index in [0.717, 1.165) is 22.7 Å².